The molecule has 6 rings (SSSR count). The summed E-state index contributed by atoms with van der Waals surface area (Å²) in [6, 6.07) is 11.9. The summed E-state index contributed by atoms with van der Waals surface area (Å²) in [5, 5.41) is 8.39. The number of amides is 1. The quantitative estimate of drug-likeness (QED) is 0.502. The normalized spacial score (nSPS) is 19.1. The molecule has 2 aromatic carbocycles. The van der Waals surface area contributed by atoms with Crippen molar-refractivity contribution in [2.45, 2.75) is 50.7 Å². The lowest BCUT2D eigenvalue weighted by Gasteiger charge is -2.44. The highest BCUT2D eigenvalue weighted by molar-refractivity contribution is 6.34. The van der Waals surface area contributed by atoms with Crippen molar-refractivity contribution < 1.29 is 9.21 Å². The molecule has 2 N–H and O–H groups in total. The first-order chi connectivity index (χ1) is 15.0. The van der Waals surface area contributed by atoms with E-state index in [0.29, 0.717) is 23.9 Å². The van der Waals surface area contributed by atoms with Crippen LogP contribution in [0, 0.1) is 0 Å². The lowest BCUT2D eigenvalue weighted by Crippen LogP contribution is -2.48. The highest BCUT2D eigenvalue weighted by Crippen LogP contribution is 2.50. The maximum absolute atomic E-state index is 13.3. The van der Waals surface area contributed by atoms with E-state index in [1.807, 2.05) is 29.2 Å². The van der Waals surface area contributed by atoms with Gasteiger partial charge < -0.3 is 20.0 Å². The number of benzene rings is 2. The van der Waals surface area contributed by atoms with Gasteiger partial charge in [-0.15, -0.1) is 0 Å². The zero-order valence-electron chi connectivity index (χ0n) is 17.3. The number of hydrogen-bond acceptors (Lipinski definition) is 4. The summed E-state index contributed by atoms with van der Waals surface area (Å²) in [7, 11) is 0. The Morgan fingerprint density at radius 2 is 1.81 bits per heavy atom. The minimum atomic E-state index is -0.263. The smallest absolute Gasteiger partial charge is 0.290 e. The fraction of sp³-hybridized carbons (Fsp3) is 0.320. The molecule has 0 bridgehead atoms. The minimum Gasteiger partial charge on any atom is -0.450 e. The Kier molecular flexibility index (Phi) is 4.12. The van der Waals surface area contributed by atoms with Crippen molar-refractivity contribution >= 4 is 34.2 Å². The summed E-state index contributed by atoms with van der Waals surface area (Å²) < 4.78 is 6.30. The standard InChI is InChI=1S/C25H24ClN3O2/c1-15-27-22-19(26)11-18-12-20(24(30)29-13-16-7-3-4-8-17(16)14-29)31-23(18)21(22)25(28-15)9-5-2-6-10-25/h3-4,7-8,11-12,27-28H,1-2,5-6,9-10,13-14H2. The van der Waals surface area contributed by atoms with Crippen LogP contribution >= 0.6 is 11.6 Å². The molecule has 0 saturated heterocycles. The molecule has 158 valence electrons. The van der Waals surface area contributed by atoms with Gasteiger partial charge >= 0.3 is 0 Å². The monoisotopic (exact) mass is 433 g/mol. The van der Waals surface area contributed by atoms with Crippen LogP contribution in [0.25, 0.3) is 11.0 Å². The summed E-state index contributed by atoms with van der Waals surface area (Å²) in [6.45, 7) is 5.33. The minimum absolute atomic E-state index is 0.0869. The first-order valence-corrected chi connectivity index (χ1v) is 11.3. The number of nitrogens with zero attached hydrogens (tertiary/aromatic N) is 1. The Morgan fingerprint density at radius 3 is 2.52 bits per heavy atom. The van der Waals surface area contributed by atoms with Gasteiger partial charge in [-0.25, -0.2) is 0 Å². The third-order valence-electron chi connectivity index (χ3n) is 6.95. The first-order valence-electron chi connectivity index (χ1n) is 10.9. The number of carbonyl (C=O) groups excluding carboxylic acids is 1. The number of furan rings is 1. The number of rotatable bonds is 1. The highest BCUT2D eigenvalue weighted by atomic mass is 35.5. The number of hydrogen-bond donors (Lipinski definition) is 2. The van der Waals surface area contributed by atoms with Gasteiger partial charge in [0.2, 0.25) is 0 Å². The van der Waals surface area contributed by atoms with Crippen molar-refractivity contribution in [2.24, 2.45) is 0 Å². The van der Waals surface area contributed by atoms with Crippen LogP contribution < -0.4 is 10.6 Å². The molecule has 1 aromatic heterocycles. The van der Waals surface area contributed by atoms with Crippen molar-refractivity contribution in [3.8, 4) is 0 Å². The van der Waals surface area contributed by atoms with Crippen LogP contribution in [0.15, 0.2) is 53.2 Å². The molecule has 1 aliphatic carbocycles. The van der Waals surface area contributed by atoms with E-state index in [1.54, 1.807) is 0 Å². The summed E-state index contributed by atoms with van der Waals surface area (Å²) >= 11 is 6.70. The van der Waals surface area contributed by atoms with Crippen molar-refractivity contribution in [3.63, 3.8) is 0 Å². The fourth-order valence-electron chi connectivity index (χ4n) is 5.53. The fourth-order valence-corrected chi connectivity index (χ4v) is 5.79. The lowest BCUT2D eigenvalue weighted by atomic mass is 9.74. The Labute approximate surface area is 186 Å². The maximum atomic E-state index is 13.3. The zero-order chi connectivity index (χ0) is 21.2. The number of carbonyl (C=O) groups is 1. The third kappa shape index (κ3) is 2.87. The van der Waals surface area contributed by atoms with Gasteiger partial charge in [0.15, 0.2) is 5.76 Å². The molecule has 1 saturated carbocycles. The third-order valence-corrected chi connectivity index (χ3v) is 7.25. The van der Waals surface area contributed by atoms with Crippen LogP contribution in [0.1, 0.15) is 59.3 Å². The number of fused-ring (bicyclic) bond motifs is 5. The van der Waals surface area contributed by atoms with Gasteiger partial charge in [0.05, 0.1) is 22.1 Å². The van der Waals surface area contributed by atoms with Crippen molar-refractivity contribution in [3.05, 3.63) is 76.3 Å². The van der Waals surface area contributed by atoms with E-state index in [2.05, 4.69) is 29.3 Å². The summed E-state index contributed by atoms with van der Waals surface area (Å²) in [5.41, 5.74) is 4.75. The Bertz CT molecular complexity index is 1210. The second kappa shape index (κ2) is 6.79. The van der Waals surface area contributed by atoms with Gasteiger partial charge in [-0.05, 0) is 36.1 Å². The van der Waals surface area contributed by atoms with Gasteiger partial charge in [-0.1, -0.05) is 61.7 Å². The molecule has 3 aliphatic rings. The molecular formula is C25H24ClN3O2. The second-order valence-corrected chi connectivity index (χ2v) is 9.35. The first kappa shape index (κ1) is 18.8. The van der Waals surface area contributed by atoms with E-state index in [1.165, 1.54) is 17.5 Å². The number of nitrogens with one attached hydrogen (secondary N) is 2. The predicted octanol–water partition coefficient (Wildman–Crippen LogP) is 5.89. The topological polar surface area (TPSA) is 57.5 Å². The predicted molar refractivity (Wildman–Crippen MR) is 122 cm³/mol. The van der Waals surface area contributed by atoms with E-state index in [9.17, 15) is 4.79 Å². The van der Waals surface area contributed by atoms with E-state index in [4.69, 9.17) is 16.0 Å². The largest absolute Gasteiger partial charge is 0.450 e. The molecule has 3 aromatic rings. The zero-order valence-corrected chi connectivity index (χ0v) is 18.0. The lowest BCUT2D eigenvalue weighted by molar-refractivity contribution is 0.0721. The van der Waals surface area contributed by atoms with E-state index in [0.717, 1.165) is 53.7 Å². The van der Waals surface area contributed by atoms with E-state index >= 15 is 0 Å². The molecule has 0 unspecified atom stereocenters. The van der Waals surface area contributed by atoms with Crippen LogP contribution in [-0.2, 0) is 18.6 Å². The van der Waals surface area contributed by atoms with Gasteiger partial charge in [-0.2, -0.15) is 0 Å². The Balaban J connectivity index is 1.45. The molecular weight excluding hydrogens is 410 g/mol. The number of anilines is 1. The van der Waals surface area contributed by atoms with Crippen molar-refractivity contribution in [1.29, 1.82) is 0 Å². The maximum Gasteiger partial charge on any atom is 0.290 e. The molecule has 1 fully saturated rings. The molecule has 0 atom stereocenters. The van der Waals surface area contributed by atoms with Crippen molar-refractivity contribution in [2.75, 3.05) is 5.32 Å². The van der Waals surface area contributed by atoms with Gasteiger partial charge in [0, 0.05) is 24.0 Å². The molecule has 0 radical (unpaired) electrons. The summed E-state index contributed by atoms with van der Waals surface area (Å²) in [4.78, 5) is 15.2. The molecule has 5 nitrogen and oxygen atoms in total. The summed E-state index contributed by atoms with van der Waals surface area (Å²) in [5.74, 6) is 1.03. The Hall–Kier alpha value is -2.92. The molecule has 1 spiro atoms. The van der Waals surface area contributed by atoms with Crippen LogP contribution in [-0.4, -0.2) is 10.8 Å². The van der Waals surface area contributed by atoms with Crippen LogP contribution in [0.4, 0.5) is 5.69 Å². The molecule has 1 amide bonds. The molecule has 6 heteroatoms. The Morgan fingerprint density at radius 1 is 1.10 bits per heavy atom. The van der Waals surface area contributed by atoms with Gasteiger partial charge in [0.1, 0.15) is 5.58 Å². The van der Waals surface area contributed by atoms with Crippen LogP contribution in [0.5, 0.6) is 0 Å². The van der Waals surface area contributed by atoms with Crippen molar-refractivity contribution in [1.82, 2.24) is 10.2 Å². The SMILES string of the molecule is C=C1Nc2c(Cl)cc3cc(C(=O)N4Cc5ccccc5C4)oc3c2C2(CCCCC2)N1. The highest BCUT2D eigenvalue weighted by Gasteiger charge is 2.42. The molecule has 3 heterocycles. The molecule has 31 heavy (non-hydrogen) atoms. The average molecular weight is 434 g/mol. The van der Waals surface area contributed by atoms with Crippen LogP contribution in [0.2, 0.25) is 5.02 Å². The van der Waals surface area contributed by atoms with Gasteiger partial charge in [0.25, 0.3) is 5.91 Å². The summed E-state index contributed by atoms with van der Waals surface area (Å²) in [6.07, 6.45) is 5.46. The van der Waals surface area contributed by atoms with Crippen LogP contribution in [0.3, 0.4) is 0 Å². The average Bonchev–Trinajstić information content (AvgIpc) is 3.38. The molecule has 2 aliphatic heterocycles. The number of halogens is 1. The van der Waals surface area contributed by atoms with Gasteiger partial charge in [-0.3, -0.25) is 4.79 Å². The van der Waals surface area contributed by atoms with E-state index in [-0.39, 0.29) is 11.4 Å². The van der Waals surface area contributed by atoms with E-state index < -0.39 is 0 Å². The second-order valence-electron chi connectivity index (χ2n) is 8.94.